The molecule has 1 aliphatic carbocycles. The summed E-state index contributed by atoms with van der Waals surface area (Å²) in [6.07, 6.45) is 3.43. The molecule has 4 nitrogen and oxygen atoms in total. The molecule has 0 heterocycles. The van der Waals surface area contributed by atoms with E-state index >= 15 is 0 Å². The third kappa shape index (κ3) is 4.56. The first-order valence-corrected chi connectivity index (χ1v) is 6.79. The minimum absolute atomic E-state index is 0.0487. The fraction of sp³-hybridized carbons (Fsp3) is 0.533. The molecule has 0 saturated heterocycles. The van der Waals surface area contributed by atoms with E-state index in [1.165, 1.54) is 12.8 Å². The SMILES string of the molecule is COCCC1(CNC(=O)CNc2ccccc2)CC1. The lowest BCUT2D eigenvalue weighted by molar-refractivity contribution is -0.119. The Kier molecular flexibility index (Phi) is 4.80. The van der Waals surface area contributed by atoms with Crippen LogP contribution in [0.2, 0.25) is 0 Å². The topological polar surface area (TPSA) is 50.4 Å². The number of rotatable bonds is 8. The van der Waals surface area contributed by atoms with Crippen molar-refractivity contribution in [3.63, 3.8) is 0 Å². The van der Waals surface area contributed by atoms with Gasteiger partial charge < -0.3 is 15.4 Å². The zero-order valence-electron chi connectivity index (χ0n) is 11.4. The standard InChI is InChI=1S/C15H22N2O2/c1-19-10-9-15(7-8-15)12-17-14(18)11-16-13-5-3-2-4-6-13/h2-6,16H,7-12H2,1H3,(H,17,18). The van der Waals surface area contributed by atoms with Crippen LogP contribution < -0.4 is 10.6 Å². The van der Waals surface area contributed by atoms with Crippen molar-refractivity contribution >= 4 is 11.6 Å². The molecule has 2 rings (SSSR count). The minimum atomic E-state index is 0.0487. The largest absolute Gasteiger partial charge is 0.385 e. The van der Waals surface area contributed by atoms with Crippen molar-refractivity contribution in [2.24, 2.45) is 5.41 Å². The number of ether oxygens (including phenoxy) is 1. The van der Waals surface area contributed by atoms with Gasteiger partial charge in [-0.1, -0.05) is 18.2 Å². The van der Waals surface area contributed by atoms with Crippen molar-refractivity contribution in [2.45, 2.75) is 19.3 Å². The molecule has 2 N–H and O–H groups in total. The lowest BCUT2D eigenvalue weighted by Crippen LogP contribution is -2.34. The Morgan fingerprint density at radius 3 is 2.68 bits per heavy atom. The number of amides is 1. The van der Waals surface area contributed by atoms with Crippen LogP contribution in [0, 0.1) is 5.41 Å². The minimum Gasteiger partial charge on any atom is -0.385 e. The molecule has 4 heteroatoms. The summed E-state index contributed by atoms with van der Waals surface area (Å²) in [7, 11) is 1.72. The van der Waals surface area contributed by atoms with Gasteiger partial charge in [0.1, 0.15) is 0 Å². The second-order valence-electron chi connectivity index (χ2n) is 5.24. The van der Waals surface area contributed by atoms with Crippen molar-refractivity contribution < 1.29 is 9.53 Å². The number of anilines is 1. The van der Waals surface area contributed by atoms with E-state index in [-0.39, 0.29) is 5.91 Å². The molecule has 1 aliphatic rings. The van der Waals surface area contributed by atoms with Gasteiger partial charge in [-0.2, -0.15) is 0 Å². The smallest absolute Gasteiger partial charge is 0.239 e. The maximum absolute atomic E-state index is 11.8. The van der Waals surface area contributed by atoms with Crippen LogP contribution in [0.15, 0.2) is 30.3 Å². The van der Waals surface area contributed by atoms with Crippen LogP contribution in [0.3, 0.4) is 0 Å². The number of hydrogen-bond donors (Lipinski definition) is 2. The van der Waals surface area contributed by atoms with Gasteiger partial charge in [-0.15, -0.1) is 0 Å². The highest BCUT2D eigenvalue weighted by Gasteiger charge is 2.41. The summed E-state index contributed by atoms with van der Waals surface area (Å²) in [5.74, 6) is 0.0487. The lowest BCUT2D eigenvalue weighted by atomic mass is 10.0. The fourth-order valence-corrected chi connectivity index (χ4v) is 2.10. The molecule has 0 spiro atoms. The van der Waals surface area contributed by atoms with Gasteiger partial charge in [0, 0.05) is 25.9 Å². The fourth-order valence-electron chi connectivity index (χ4n) is 2.10. The van der Waals surface area contributed by atoms with Gasteiger partial charge in [0.05, 0.1) is 6.54 Å². The molecule has 0 bridgehead atoms. The molecule has 1 saturated carbocycles. The van der Waals surface area contributed by atoms with E-state index in [2.05, 4.69) is 10.6 Å². The van der Waals surface area contributed by atoms with E-state index < -0.39 is 0 Å². The van der Waals surface area contributed by atoms with E-state index in [9.17, 15) is 4.79 Å². The van der Waals surface area contributed by atoms with Crippen LogP contribution in [0.25, 0.3) is 0 Å². The third-order valence-electron chi connectivity index (χ3n) is 3.68. The Morgan fingerprint density at radius 2 is 2.05 bits per heavy atom. The molecule has 19 heavy (non-hydrogen) atoms. The molecule has 1 fully saturated rings. The Labute approximate surface area is 114 Å². The number of carbonyl (C=O) groups is 1. The number of methoxy groups -OCH3 is 1. The molecular formula is C15H22N2O2. The molecule has 104 valence electrons. The first kappa shape index (κ1) is 13.9. The van der Waals surface area contributed by atoms with E-state index in [1.807, 2.05) is 30.3 Å². The second-order valence-corrected chi connectivity index (χ2v) is 5.24. The monoisotopic (exact) mass is 262 g/mol. The Morgan fingerprint density at radius 1 is 1.32 bits per heavy atom. The first-order valence-electron chi connectivity index (χ1n) is 6.79. The molecule has 1 amide bonds. The highest BCUT2D eigenvalue weighted by molar-refractivity contribution is 5.80. The quantitative estimate of drug-likeness (QED) is 0.753. The van der Waals surface area contributed by atoms with Crippen molar-refractivity contribution in [3.05, 3.63) is 30.3 Å². The summed E-state index contributed by atoms with van der Waals surface area (Å²) in [6.45, 7) is 1.87. The highest BCUT2D eigenvalue weighted by atomic mass is 16.5. The first-order chi connectivity index (χ1) is 9.24. The summed E-state index contributed by atoms with van der Waals surface area (Å²) in [5, 5.41) is 6.12. The number of benzene rings is 1. The number of carbonyl (C=O) groups excluding carboxylic acids is 1. The van der Waals surface area contributed by atoms with Crippen molar-refractivity contribution in [1.82, 2.24) is 5.32 Å². The van der Waals surface area contributed by atoms with E-state index in [0.717, 1.165) is 25.3 Å². The maximum Gasteiger partial charge on any atom is 0.239 e. The molecular weight excluding hydrogens is 240 g/mol. The van der Waals surface area contributed by atoms with Crippen molar-refractivity contribution in [2.75, 3.05) is 32.1 Å². The molecule has 1 aromatic carbocycles. The van der Waals surface area contributed by atoms with Gasteiger partial charge in [-0.25, -0.2) is 0 Å². The number of para-hydroxylation sites is 1. The van der Waals surface area contributed by atoms with E-state index in [4.69, 9.17) is 4.74 Å². The van der Waals surface area contributed by atoms with Crippen LogP contribution in [0.4, 0.5) is 5.69 Å². The summed E-state index contributed by atoms with van der Waals surface area (Å²) in [5.41, 5.74) is 1.27. The molecule has 0 aliphatic heterocycles. The summed E-state index contributed by atoms with van der Waals surface area (Å²) in [4.78, 5) is 11.8. The van der Waals surface area contributed by atoms with Crippen molar-refractivity contribution in [3.8, 4) is 0 Å². The average molecular weight is 262 g/mol. The summed E-state index contributed by atoms with van der Waals surface area (Å²) in [6, 6.07) is 9.76. The van der Waals surface area contributed by atoms with Crippen molar-refractivity contribution in [1.29, 1.82) is 0 Å². The lowest BCUT2D eigenvalue weighted by Gasteiger charge is -2.15. The van der Waals surface area contributed by atoms with Crippen LogP contribution >= 0.6 is 0 Å². The highest BCUT2D eigenvalue weighted by Crippen LogP contribution is 2.48. The summed E-state index contributed by atoms with van der Waals surface area (Å²) >= 11 is 0. The predicted molar refractivity (Wildman–Crippen MR) is 76.1 cm³/mol. The van der Waals surface area contributed by atoms with Gasteiger partial charge in [0.2, 0.25) is 5.91 Å². The Bertz CT molecular complexity index is 402. The molecule has 1 aromatic rings. The second kappa shape index (κ2) is 6.57. The molecule has 0 aromatic heterocycles. The Balaban J connectivity index is 1.65. The normalized spacial score (nSPS) is 15.8. The van der Waals surface area contributed by atoms with Gasteiger partial charge in [-0.3, -0.25) is 4.79 Å². The Hall–Kier alpha value is -1.55. The molecule has 0 atom stereocenters. The zero-order chi connectivity index (χ0) is 13.6. The average Bonchev–Trinajstić information content (AvgIpc) is 3.22. The summed E-state index contributed by atoms with van der Waals surface area (Å²) < 4.78 is 5.10. The van der Waals surface area contributed by atoms with E-state index in [0.29, 0.717) is 12.0 Å². The van der Waals surface area contributed by atoms with E-state index in [1.54, 1.807) is 7.11 Å². The van der Waals surface area contributed by atoms with Crippen LogP contribution in [-0.2, 0) is 9.53 Å². The third-order valence-corrected chi connectivity index (χ3v) is 3.68. The van der Waals surface area contributed by atoms with Gasteiger partial charge >= 0.3 is 0 Å². The van der Waals surface area contributed by atoms with Gasteiger partial charge in [0.15, 0.2) is 0 Å². The zero-order valence-corrected chi connectivity index (χ0v) is 11.4. The molecule has 0 radical (unpaired) electrons. The van der Waals surface area contributed by atoms with Crippen LogP contribution in [0.5, 0.6) is 0 Å². The van der Waals surface area contributed by atoms with Crippen LogP contribution in [-0.4, -0.2) is 32.7 Å². The number of hydrogen-bond acceptors (Lipinski definition) is 3. The van der Waals surface area contributed by atoms with Gasteiger partial charge in [0.25, 0.3) is 0 Å². The van der Waals surface area contributed by atoms with Gasteiger partial charge in [-0.05, 0) is 36.8 Å². The predicted octanol–water partition coefficient (Wildman–Crippen LogP) is 2.03. The molecule has 0 unspecified atom stereocenters. The maximum atomic E-state index is 11.8. The van der Waals surface area contributed by atoms with Crippen LogP contribution in [0.1, 0.15) is 19.3 Å². The number of nitrogens with one attached hydrogen (secondary N) is 2.